The fraction of sp³-hybridized carbons (Fsp3) is 0.588. The summed E-state index contributed by atoms with van der Waals surface area (Å²) in [7, 11) is 0. The van der Waals surface area contributed by atoms with Gasteiger partial charge in [-0.1, -0.05) is 60.7 Å². The van der Waals surface area contributed by atoms with Gasteiger partial charge in [-0.2, -0.15) is 0 Å². The van der Waals surface area contributed by atoms with Gasteiger partial charge in [-0.15, -0.1) is 0 Å². The molecular formula is C34H48N2O4. The van der Waals surface area contributed by atoms with Crippen molar-refractivity contribution in [3.63, 3.8) is 0 Å². The molecule has 218 valence electrons. The van der Waals surface area contributed by atoms with Gasteiger partial charge in [0.2, 0.25) is 0 Å². The number of ether oxygens (including phenoxy) is 2. The van der Waals surface area contributed by atoms with Crippen molar-refractivity contribution in [3.8, 4) is 0 Å². The summed E-state index contributed by atoms with van der Waals surface area (Å²) in [4.78, 5) is 29.1. The first-order chi connectivity index (χ1) is 18.5. The highest BCUT2D eigenvalue weighted by atomic mass is 16.6. The third kappa shape index (κ3) is 7.13. The second-order valence-electron chi connectivity index (χ2n) is 14.6. The molecule has 2 saturated heterocycles. The lowest BCUT2D eigenvalue weighted by atomic mass is 9.74. The summed E-state index contributed by atoms with van der Waals surface area (Å²) in [5, 5.41) is 7.30. The molecule has 0 amide bonds. The average Bonchev–Trinajstić information content (AvgIpc) is 2.79. The molecule has 0 unspecified atom stereocenters. The lowest BCUT2D eigenvalue weighted by Crippen LogP contribution is -2.61. The summed E-state index contributed by atoms with van der Waals surface area (Å²) < 4.78 is 12.7. The van der Waals surface area contributed by atoms with Crippen molar-refractivity contribution in [1.29, 1.82) is 0 Å². The Morgan fingerprint density at radius 2 is 1.00 bits per heavy atom. The van der Waals surface area contributed by atoms with E-state index >= 15 is 0 Å². The minimum absolute atomic E-state index is 0.158. The number of hydrogen-bond donors (Lipinski definition) is 2. The second kappa shape index (κ2) is 10.9. The van der Waals surface area contributed by atoms with Gasteiger partial charge >= 0.3 is 11.9 Å². The molecule has 6 heteroatoms. The molecular weight excluding hydrogens is 500 g/mol. The van der Waals surface area contributed by atoms with E-state index in [2.05, 4.69) is 66.0 Å². The van der Waals surface area contributed by atoms with Crippen LogP contribution in [0.2, 0.25) is 0 Å². The number of esters is 2. The third-order valence-corrected chi connectivity index (χ3v) is 8.13. The fourth-order valence-corrected chi connectivity index (χ4v) is 7.32. The number of piperidine rings is 2. The van der Waals surface area contributed by atoms with E-state index in [4.69, 9.17) is 9.47 Å². The molecule has 2 aromatic carbocycles. The van der Waals surface area contributed by atoms with Crippen molar-refractivity contribution in [2.45, 2.75) is 127 Å². The minimum Gasteiger partial charge on any atom is -0.461 e. The van der Waals surface area contributed by atoms with Gasteiger partial charge in [-0.25, -0.2) is 0 Å². The van der Waals surface area contributed by atoms with Gasteiger partial charge in [0, 0.05) is 54.3 Å². The number of nitrogens with one attached hydrogen (secondary N) is 2. The molecule has 0 radical (unpaired) electrons. The van der Waals surface area contributed by atoms with E-state index in [0.717, 1.165) is 5.56 Å². The maximum absolute atomic E-state index is 14.5. The first-order valence-electron chi connectivity index (χ1n) is 14.6. The van der Waals surface area contributed by atoms with Crippen LogP contribution in [0.15, 0.2) is 60.7 Å². The standard InChI is InChI=1S/C34H48N2O4/c1-30(2)20-26(21-31(3,4)35-30)39-28(37)34(25-17-13-10-14-18-25,19-24-15-11-9-12-16-24)29(38)40-27-22-32(5,6)36-33(7,8)23-27/h9-18,26-27,35-36H,19-23H2,1-8H3. The first kappa shape index (κ1) is 30.3. The molecule has 2 aliphatic rings. The normalized spacial score (nSPS) is 22.3. The smallest absolute Gasteiger partial charge is 0.328 e. The van der Waals surface area contributed by atoms with Gasteiger partial charge in [-0.05, 0) is 66.5 Å². The Bertz CT molecular complexity index is 1100. The van der Waals surface area contributed by atoms with Crippen LogP contribution in [0.4, 0.5) is 0 Å². The second-order valence-corrected chi connectivity index (χ2v) is 14.6. The van der Waals surface area contributed by atoms with Crippen LogP contribution in [-0.2, 0) is 30.9 Å². The third-order valence-electron chi connectivity index (χ3n) is 8.13. The van der Waals surface area contributed by atoms with E-state index < -0.39 is 17.4 Å². The minimum atomic E-state index is -1.64. The van der Waals surface area contributed by atoms with Crippen LogP contribution in [0.1, 0.15) is 92.2 Å². The topological polar surface area (TPSA) is 76.7 Å². The maximum Gasteiger partial charge on any atom is 0.328 e. The fourth-order valence-electron chi connectivity index (χ4n) is 7.32. The quantitative estimate of drug-likeness (QED) is 0.333. The molecule has 0 aliphatic carbocycles. The molecule has 0 bridgehead atoms. The number of benzene rings is 2. The lowest BCUT2D eigenvalue weighted by molar-refractivity contribution is -0.175. The highest BCUT2D eigenvalue weighted by molar-refractivity contribution is 6.07. The lowest BCUT2D eigenvalue weighted by Gasteiger charge is -2.47. The zero-order valence-electron chi connectivity index (χ0n) is 25.6. The number of hydrogen-bond acceptors (Lipinski definition) is 6. The van der Waals surface area contributed by atoms with Crippen molar-refractivity contribution >= 4 is 11.9 Å². The van der Waals surface area contributed by atoms with Gasteiger partial charge in [0.1, 0.15) is 12.2 Å². The molecule has 2 fully saturated rings. The van der Waals surface area contributed by atoms with E-state index in [-0.39, 0.29) is 40.8 Å². The van der Waals surface area contributed by atoms with Gasteiger partial charge < -0.3 is 20.1 Å². The van der Waals surface area contributed by atoms with Gasteiger partial charge in [-0.3, -0.25) is 9.59 Å². The van der Waals surface area contributed by atoms with Crippen LogP contribution >= 0.6 is 0 Å². The van der Waals surface area contributed by atoms with Crippen LogP contribution in [-0.4, -0.2) is 46.3 Å². The molecule has 40 heavy (non-hydrogen) atoms. The van der Waals surface area contributed by atoms with Gasteiger partial charge in [0.05, 0.1) is 0 Å². The summed E-state index contributed by atoms with van der Waals surface area (Å²) in [6, 6.07) is 19.0. The van der Waals surface area contributed by atoms with Crippen LogP contribution in [0, 0.1) is 0 Å². The Balaban J connectivity index is 1.75. The van der Waals surface area contributed by atoms with E-state index in [1.54, 1.807) is 0 Å². The van der Waals surface area contributed by atoms with Crippen LogP contribution in [0.25, 0.3) is 0 Å². The molecule has 0 atom stereocenters. The van der Waals surface area contributed by atoms with Crippen LogP contribution in [0.3, 0.4) is 0 Å². The molecule has 2 heterocycles. The van der Waals surface area contributed by atoms with Gasteiger partial charge in [0.15, 0.2) is 5.41 Å². The molecule has 0 aromatic heterocycles. The predicted octanol–water partition coefficient (Wildman–Crippen LogP) is 5.87. The highest BCUT2D eigenvalue weighted by Crippen LogP contribution is 2.38. The van der Waals surface area contributed by atoms with Crippen molar-refractivity contribution in [2.75, 3.05) is 0 Å². The monoisotopic (exact) mass is 548 g/mol. The van der Waals surface area contributed by atoms with E-state index in [1.165, 1.54) is 0 Å². The highest BCUT2D eigenvalue weighted by Gasteiger charge is 2.54. The predicted molar refractivity (Wildman–Crippen MR) is 159 cm³/mol. The van der Waals surface area contributed by atoms with Crippen molar-refractivity contribution in [1.82, 2.24) is 10.6 Å². The molecule has 6 nitrogen and oxygen atoms in total. The Labute approximate surface area is 240 Å². The molecule has 2 N–H and O–H groups in total. The van der Waals surface area contributed by atoms with E-state index in [9.17, 15) is 9.59 Å². The number of carbonyl (C=O) groups excluding carboxylic acids is 2. The summed E-state index contributed by atoms with van der Waals surface area (Å²) in [5.41, 5.74) is -1.03. The summed E-state index contributed by atoms with van der Waals surface area (Å²) in [6.45, 7) is 17.0. The zero-order valence-corrected chi connectivity index (χ0v) is 25.6. The largest absolute Gasteiger partial charge is 0.461 e. The maximum atomic E-state index is 14.5. The van der Waals surface area contributed by atoms with E-state index in [0.29, 0.717) is 31.2 Å². The number of carbonyl (C=O) groups is 2. The summed E-state index contributed by atoms with van der Waals surface area (Å²) in [6.07, 6.45) is 2.12. The molecule has 2 aliphatic heterocycles. The summed E-state index contributed by atoms with van der Waals surface area (Å²) in [5.74, 6) is -1.09. The Morgan fingerprint density at radius 3 is 1.38 bits per heavy atom. The Kier molecular flexibility index (Phi) is 8.28. The Morgan fingerprint density at radius 1 is 0.650 bits per heavy atom. The van der Waals surface area contributed by atoms with Crippen molar-refractivity contribution in [3.05, 3.63) is 71.8 Å². The van der Waals surface area contributed by atoms with Crippen molar-refractivity contribution in [2.24, 2.45) is 0 Å². The molecule has 2 aromatic rings. The van der Waals surface area contributed by atoms with Crippen LogP contribution in [0.5, 0.6) is 0 Å². The molecule has 4 rings (SSSR count). The molecule has 0 spiro atoms. The zero-order chi connectivity index (χ0) is 29.4. The van der Waals surface area contributed by atoms with Crippen molar-refractivity contribution < 1.29 is 19.1 Å². The van der Waals surface area contributed by atoms with Crippen LogP contribution < -0.4 is 10.6 Å². The van der Waals surface area contributed by atoms with E-state index in [1.807, 2.05) is 60.7 Å². The SMILES string of the molecule is CC1(C)CC(OC(=O)C(Cc2ccccc2)(C(=O)OC2CC(C)(C)NC(C)(C)C2)c2ccccc2)CC(C)(C)N1. The first-order valence-corrected chi connectivity index (χ1v) is 14.6. The number of rotatable bonds is 7. The average molecular weight is 549 g/mol. The Hall–Kier alpha value is -2.70. The summed E-state index contributed by atoms with van der Waals surface area (Å²) >= 11 is 0. The molecule has 0 saturated carbocycles. The van der Waals surface area contributed by atoms with Gasteiger partial charge in [0.25, 0.3) is 0 Å².